The Morgan fingerprint density at radius 2 is 2.16 bits per heavy atom. The molecule has 1 unspecified atom stereocenters. The number of pyridine rings is 1. The van der Waals surface area contributed by atoms with Crippen LogP contribution in [0.15, 0.2) is 18.3 Å². The summed E-state index contributed by atoms with van der Waals surface area (Å²) < 4.78 is 16.8. The Bertz CT molecular complexity index is 554. The molecule has 0 radical (unpaired) electrons. The van der Waals surface area contributed by atoms with Crippen molar-refractivity contribution in [3.8, 4) is 0 Å². The highest BCUT2D eigenvalue weighted by molar-refractivity contribution is 5.89. The molecule has 1 rings (SSSR count). The average molecular weight is 354 g/mol. The number of nitrogens with zero attached hydrogens (tertiary/aromatic N) is 2. The van der Waals surface area contributed by atoms with E-state index < -0.39 is 12.6 Å². The lowest BCUT2D eigenvalue weighted by Crippen LogP contribution is -2.44. The number of halogens is 1. The minimum atomic E-state index is -0.714. The number of carbonyl (C=O) groups excluding carboxylic acids is 2. The Hall–Kier alpha value is -1.90. The van der Waals surface area contributed by atoms with Gasteiger partial charge in [0, 0.05) is 19.4 Å². The van der Waals surface area contributed by atoms with Crippen LogP contribution in [0.2, 0.25) is 0 Å². The lowest BCUT2D eigenvalue weighted by molar-refractivity contribution is -0.120. The molecule has 0 spiro atoms. The number of carbonyl (C=O) groups is 2. The molecule has 0 bridgehead atoms. The Morgan fingerprint density at radius 1 is 1.40 bits per heavy atom. The third kappa shape index (κ3) is 8.15. The molecule has 1 aromatic heterocycles. The minimum absolute atomic E-state index is 0.0721. The van der Waals surface area contributed by atoms with Crippen LogP contribution >= 0.6 is 0 Å². The first kappa shape index (κ1) is 21.1. The molecule has 140 valence electrons. The van der Waals surface area contributed by atoms with Crippen LogP contribution in [0, 0.1) is 0 Å². The van der Waals surface area contributed by atoms with Gasteiger partial charge in [-0.05, 0) is 32.6 Å². The van der Waals surface area contributed by atoms with Gasteiger partial charge in [0.1, 0.15) is 13.3 Å². The molecule has 8 heteroatoms. The van der Waals surface area contributed by atoms with Crippen molar-refractivity contribution in [2.45, 2.75) is 25.9 Å². The molecule has 0 saturated carbocycles. The second kappa shape index (κ2) is 11.6. The minimum Gasteiger partial charge on any atom is -0.459 e. The highest BCUT2D eigenvalue weighted by Crippen LogP contribution is 2.04. The van der Waals surface area contributed by atoms with Gasteiger partial charge in [-0.3, -0.25) is 20.0 Å². The number of hydrogen-bond donors (Lipinski definition) is 2. The first-order valence-electron chi connectivity index (χ1n) is 8.27. The van der Waals surface area contributed by atoms with Gasteiger partial charge in [-0.2, -0.15) is 0 Å². The van der Waals surface area contributed by atoms with Crippen LogP contribution in [0.1, 0.15) is 29.4 Å². The third-order valence-corrected chi connectivity index (χ3v) is 3.42. The van der Waals surface area contributed by atoms with E-state index >= 15 is 0 Å². The molecular weight excluding hydrogens is 327 g/mol. The van der Waals surface area contributed by atoms with Gasteiger partial charge in [0.05, 0.1) is 23.8 Å². The van der Waals surface area contributed by atoms with Gasteiger partial charge in [0.2, 0.25) is 0 Å². The van der Waals surface area contributed by atoms with Gasteiger partial charge in [-0.1, -0.05) is 6.92 Å². The van der Waals surface area contributed by atoms with Crippen LogP contribution in [0.4, 0.5) is 4.39 Å². The normalized spacial score (nSPS) is 12.2. The van der Waals surface area contributed by atoms with E-state index in [4.69, 9.17) is 4.74 Å². The first-order chi connectivity index (χ1) is 12.0. The van der Waals surface area contributed by atoms with Crippen molar-refractivity contribution in [2.75, 3.05) is 40.6 Å². The summed E-state index contributed by atoms with van der Waals surface area (Å²) >= 11 is 0. The van der Waals surface area contributed by atoms with Crippen molar-refractivity contribution < 1.29 is 18.7 Å². The molecule has 25 heavy (non-hydrogen) atoms. The summed E-state index contributed by atoms with van der Waals surface area (Å²) in [6, 6.07) is 2.87. The van der Waals surface area contributed by atoms with E-state index in [2.05, 4.69) is 15.6 Å². The smallest absolute Gasteiger partial charge is 0.338 e. The number of Topliss-reactive ketones (excluding diaryl/α,β-unsaturated/α-hetero) is 1. The molecule has 1 heterocycles. The monoisotopic (exact) mass is 354 g/mol. The van der Waals surface area contributed by atoms with Crippen molar-refractivity contribution in [1.82, 2.24) is 20.5 Å². The SMILES string of the molecule is CCC(NCN(C)C)C(=O)CNCc1cc(C(=O)OCCF)ccn1. The maximum atomic E-state index is 12.2. The summed E-state index contributed by atoms with van der Waals surface area (Å²) in [6.45, 7) is 2.17. The van der Waals surface area contributed by atoms with E-state index in [9.17, 15) is 14.0 Å². The van der Waals surface area contributed by atoms with Crippen LogP contribution in [-0.4, -0.2) is 68.3 Å². The van der Waals surface area contributed by atoms with E-state index in [1.165, 1.54) is 12.3 Å². The molecule has 0 aromatic carbocycles. The van der Waals surface area contributed by atoms with Gasteiger partial charge in [0.15, 0.2) is 5.78 Å². The Balaban J connectivity index is 2.47. The summed E-state index contributed by atoms with van der Waals surface area (Å²) in [4.78, 5) is 30.0. The maximum Gasteiger partial charge on any atom is 0.338 e. The van der Waals surface area contributed by atoms with Crippen molar-refractivity contribution >= 4 is 11.8 Å². The molecule has 0 aliphatic carbocycles. The summed E-state index contributed by atoms with van der Waals surface area (Å²) in [6.07, 6.45) is 2.20. The van der Waals surface area contributed by atoms with Crippen molar-refractivity contribution in [2.24, 2.45) is 0 Å². The number of hydrogen-bond acceptors (Lipinski definition) is 7. The first-order valence-corrected chi connectivity index (χ1v) is 8.27. The van der Waals surface area contributed by atoms with Crippen LogP contribution in [0.3, 0.4) is 0 Å². The largest absolute Gasteiger partial charge is 0.459 e. The fourth-order valence-corrected chi connectivity index (χ4v) is 2.13. The van der Waals surface area contributed by atoms with Gasteiger partial charge < -0.3 is 10.1 Å². The molecular formula is C17H27FN4O3. The molecule has 0 aliphatic heterocycles. The number of nitrogens with one attached hydrogen (secondary N) is 2. The zero-order valence-corrected chi connectivity index (χ0v) is 15.0. The Morgan fingerprint density at radius 3 is 2.80 bits per heavy atom. The van der Waals surface area contributed by atoms with Crippen LogP contribution in [0.5, 0.6) is 0 Å². The quantitative estimate of drug-likeness (QED) is 0.423. The van der Waals surface area contributed by atoms with Crippen LogP contribution in [-0.2, 0) is 16.1 Å². The lowest BCUT2D eigenvalue weighted by Gasteiger charge is -2.19. The zero-order valence-electron chi connectivity index (χ0n) is 15.0. The fraction of sp³-hybridized carbons (Fsp3) is 0.588. The highest BCUT2D eigenvalue weighted by Gasteiger charge is 2.15. The van der Waals surface area contributed by atoms with Crippen LogP contribution in [0.25, 0.3) is 0 Å². The molecule has 0 fully saturated rings. The van der Waals surface area contributed by atoms with Crippen LogP contribution < -0.4 is 10.6 Å². The Kier molecular flexibility index (Phi) is 9.83. The summed E-state index contributed by atoms with van der Waals surface area (Å²) in [7, 11) is 3.86. The van der Waals surface area contributed by atoms with E-state index in [-0.39, 0.29) is 25.0 Å². The predicted molar refractivity (Wildman–Crippen MR) is 93.0 cm³/mol. The van der Waals surface area contributed by atoms with Crippen molar-refractivity contribution in [3.05, 3.63) is 29.6 Å². The molecule has 0 saturated heterocycles. The van der Waals surface area contributed by atoms with E-state index in [0.29, 0.717) is 30.9 Å². The second-order valence-electron chi connectivity index (χ2n) is 5.83. The number of ketones is 1. The number of rotatable bonds is 12. The number of aromatic nitrogens is 1. The second-order valence-corrected chi connectivity index (χ2v) is 5.83. The number of alkyl halides is 1. The molecule has 0 amide bonds. The van der Waals surface area contributed by atoms with E-state index in [1.807, 2.05) is 25.9 Å². The molecule has 2 N–H and O–H groups in total. The number of ether oxygens (including phenoxy) is 1. The zero-order chi connectivity index (χ0) is 18.7. The Labute approximate surface area is 147 Å². The average Bonchev–Trinajstić information content (AvgIpc) is 2.60. The summed E-state index contributed by atoms with van der Waals surface area (Å²) in [5.41, 5.74) is 0.919. The fourth-order valence-electron chi connectivity index (χ4n) is 2.13. The molecule has 1 atom stereocenters. The lowest BCUT2D eigenvalue weighted by atomic mass is 10.1. The van der Waals surface area contributed by atoms with Gasteiger partial charge >= 0.3 is 5.97 Å². The molecule has 7 nitrogen and oxygen atoms in total. The maximum absolute atomic E-state index is 12.2. The highest BCUT2D eigenvalue weighted by atomic mass is 19.1. The number of esters is 1. The van der Waals surface area contributed by atoms with Gasteiger partial charge in [0.25, 0.3) is 0 Å². The van der Waals surface area contributed by atoms with E-state index in [1.54, 1.807) is 6.07 Å². The third-order valence-electron chi connectivity index (χ3n) is 3.42. The molecule has 1 aromatic rings. The van der Waals surface area contributed by atoms with Gasteiger partial charge in [-0.25, -0.2) is 9.18 Å². The van der Waals surface area contributed by atoms with Gasteiger partial charge in [-0.15, -0.1) is 0 Å². The topological polar surface area (TPSA) is 83.6 Å². The van der Waals surface area contributed by atoms with E-state index in [0.717, 1.165) is 0 Å². The van der Waals surface area contributed by atoms with Crippen molar-refractivity contribution in [1.29, 1.82) is 0 Å². The summed E-state index contributed by atoms with van der Waals surface area (Å²) in [5, 5.41) is 6.23. The molecule has 0 aliphatic rings. The predicted octanol–water partition coefficient (Wildman–Crippen LogP) is 0.754. The van der Waals surface area contributed by atoms with Crippen molar-refractivity contribution in [3.63, 3.8) is 0 Å². The standard InChI is InChI=1S/C17H27FN4O3/c1-4-15(21-12-22(2)3)16(23)11-19-10-14-9-13(5-7-20-14)17(24)25-8-6-18/h5,7,9,15,19,21H,4,6,8,10-12H2,1-3H3. The summed E-state index contributed by atoms with van der Waals surface area (Å²) in [5.74, 6) is -0.515.